The molecule has 0 heterocycles. The van der Waals surface area contributed by atoms with Crippen LogP contribution in [0.1, 0.15) is 13.3 Å². The number of allylic oxidation sites excluding steroid dienone is 1. The molecule has 0 aromatic rings. The van der Waals surface area contributed by atoms with Crippen LogP contribution in [0.15, 0.2) is 12.3 Å². The van der Waals surface area contributed by atoms with Crippen LogP contribution in [-0.2, 0) is 4.18 Å². The lowest BCUT2D eigenvalue weighted by molar-refractivity contribution is 0.574. The lowest BCUT2D eigenvalue weighted by Crippen LogP contribution is -1.52. The van der Waals surface area contributed by atoms with E-state index in [-0.39, 0.29) is 0 Å². The quantitative estimate of drug-likeness (QED) is 0.319. The van der Waals surface area contributed by atoms with E-state index in [1.165, 1.54) is 0 Å². The van der Waals surface area contributed by atoms with Gasteiger partial charge in [0.15, 0.2) is 0 Å². The van der Waals surface area contributed by atoms with Crippen LogP contribution >= 0.6 is 12.9 Å². The molecule has 2 heteroatoms. The van der Waals surface area contributed by atoms with Gasteiger partial charge in [-0.15, -0.1) is 0 Å². The number of hydrogen-bond donors (Lipinski definition) is 1. The Kier molecular flexibility index (Phi) is 4.80. The topological polar surface area (TPSA) is 9.23 Å². The Bertz CT molecular complexity index is 36.8. The van der Waals surface area contributed by atoms with Crippen molar-refractivity contribution in [2.24, 2.45) is 0 Å². The van der Waals surface area contributed by atoms with E-state index in [1.54, 1.807) is 6.26 Å². The van der Waals surface area contributed by atoms with Crippen LogP contribution in [0.5, 0.6) is 0 Å². The monoisotopic (exact) mass is 104 g/mol. The Morgan fingerprint density at radius 2 is 2.50 bits per heavy atom. The first-order valence-electron chi connectivity index (χ1n) is 1.87. The second-order valence-electron chi connectivity index (χ2n) is 0.885. The smallest absolute Gasteiger partial charge is 0.0966 e. The van der Waals surface area contributed by atoms with E-state index >= 15 is 0 Å². The lowest BCUT2D eigenvalue weighted by Gasteiger charge is -1.77. The summed E-state index contributed by atoms with van der Waals surface area (Å²) in [6, 6.07) is 0. The predicted octanol–water partition coefficient (Wildman–Crippen LogP) is 1.77. The van der Waals surface area contributed by atoms with Crippen molar-refractivity contribution in [3.05, 3.63) is 12.3 Å². The molecule has 0 fully saturated rings. The molecule has 0 bridgehead atoms. The van der Waals surface area contributed by atoms with Gasteiger partial charge in [-0.1, -0.05) is 6.92 Å². The van der Waals surface area contributed by atoms with E-state index < -0.39 is 0 Å². The second-order valence-corrected chi connectivity index (χ2v) is 1.10. The van der Waals surface area contributed by atoms with Crippen molar-refractivity contribution in [2.75, 3.05) is 0 Å². The van der Waals surface area contributed by atoms with Gasteiger partial charge >= 0.3 is 0 Å². The molecule has 0 N–H and O–H groups in total. The number of rotatable bonds is 2. The Hall–Kier alpha value is -0.110. The van der Waals surface area contributed by atoms with Crippen LogP contribution in [0.25, 0.3) is 0 Å². The summed E-state index contributed by atoms with van der Waals surface area (Å²) < 4.78 is 4.30. The molecule has 1 nitrogen and oxygen atoms in total. The largest absolute Gasteiger partial charge is 0.437 e. The highest BCUT2D eigenvalue weighted by Crippen LogP contribution is 1.82. The zero-order chi connectivity index (χ0) is 4.83. The average Bonchev–Trinajstić information content (AvgIpc) is 1.61. The molecule has 0 spiro atoms. The van der Waals surface area contributed by atoms with Gasteiger partial charge in [-0.25, -0.2) is 0 Å². The summed E-state index contributed by atoms with van der Waals surface area (Å²) >= 11 is 3.47. The predicted molar refractivity (Wildman–Crippen MR) is 29.5 cm³/mol. The Labute approximate surface area is 43.6 Å². The van der Waals surface area contributed by atoms with Gasteiger partial charge in [0.2, 0.25) is 0 Å². The molecule has 0 aliphatic heterocycles. The molecule has 0 saturated carbocycles. The molecule has 0 radical (unpaired) electrons. The summed E-state index contributed by atoms with van der Waals surface area (Å²) in [5, 5.41) is 0. The SMILES string of the molecule is CC/C=C/OS. The molecule has 0 atom stereocenters. The molecule has 0 amide bonds. The van der Waals surface area contributed by atoms with E-state index in [0.717, 1.165) is 6.42 Å². The fraction of sp³-hybridized carbons (Fsp3) is 0.500. The average molecular weight is 104 g/mol. The van der Waals surface area contributed by atoms with E-state index in [0.29, 0.717) is 0 Å². The van der Waals surface area contributed by atoms with Gasteiger partial charge in [0.1, 0.15) is 0 Å². The summed E-state index contributed by atoms with van der Waals surface area (Å²) in [5.74, 6) is 0. The lowest BCUT2D eigenvalue weighted by atomic mass is 10.5. The highest BCUT2D eigenvalue weighted by molar-refractivity contribution is 7.75. The molecule has 0 rings (SSSR count). The zero-order valence-corrected chi connectivity index (χ0v) is 4.61. The molecule has 0 aromatic carbocycles. The van der Waals surface area contributed by atoms with Crippen molar-refractivity contribution in [3.8, 4) is 0 Å². The van der Waals surface area contributed by atoms with Gasteiger partial charge < -0.3 is 4.18 Å². The van der Waals surface area contributed by atoms with E-state index in [4.69, 9.17) is 0 Å². The van der Waals surface area contributed by atoms with Gasteiger partial charge in [-0.3, -0.25) is 0 Å². The van der Waals surface area contributed by atoms with Crippen LogP contribution < -0.4 is 0 Å². The van der Waals surface area contributed by atoms with Crippen molar-refractivity contribution in [2.45, 2.75) is 13.3 Å². The van der Waals surface area contributed by atoms with Crippen LogP contribution in [-0.4, -0.2) is 0 Å². The van der Waals surface area contributed by atoms with Gasteiger partial charge in [-0.2, -0.15) is 0 Å². The highest BCUT2D eigenvalue weighted by Gasteiger charge is 1.59. The van der Waals surface area contributed by atoms with Gasteiger partial charge in [0.25, 0.3) is 0 Å². The van der Waals surface area contributed by atoms with Gasteiger partial charge in [0, 0.05) is 12.9 Å². The molecule has 0 aliphatic rings. The summed E-state index contributed by atoms with van der Waals surface area (Å²) in [4.78, 5) is 0. The van der Waals surface area contributed by atoms with Crippen molar-refractivity contribution in [3.63, 3.8) is 0 Å². The Morgan fingerprint density at radius 3 is 2.67 bits per heavy atom. The number of thiol groups is 1. The van der Waals surface area contributed by atoms with Gasteiger partial charge in [0.05, 0.1) is 6.26 Å². The summed E-state index contributed by atoms with van der Waals surface area (Å²) in [7, 11) is 0. The minimum Gasteiger partial charge on any atom is -0.437 e. The minimum atomic E-state index is 1.00. The normalized spacial score (nSPS) is 9.67. The Morgan fingerprint density at radius 1 is 1.83 bits per heavy atom. The fourth-order valence-corrected chi connectivity index (χ4v) is 0.225. The standard InChI is InChI=1S/C4H8OS/c1-2-3-4-5-6/h3-4,6H,2H2,1H3/b4-3+. The van der Waals surface area contributed by atoms with E-state index in [2.05, 4.69) is 17.1 Å². The number of hydrogen-bond acceptors (Lipinski definition) is 2. The third-order valence-corrected chi connectivity index (χ3v) is 0.515. The Balaban J connectivity index is 2.73. The summed E-state index contributed by atoms with van der Waals surface area (Å²) in [6.07, 6.45) is 4.43. The van der Waals surface area contributed by atoms with Crippen molar-refractivity contribution in [1.82, 2.24) is 0 Å². The zero-order valence-electron chi connectivity index (χ0n) is 3.72. The maximum atomic E-state index is 4.30. The van der Waals surface area contributed by atoms with Crippen molar-refractivity contribution >= 4 is 12.9 Å². The van der Waals surface area contributed by atoms with E-state index in [1.807, 2.05) is 13.0 Å². The molecule has 0 saturated heterocycles. The molecule has 6 heavy (non-hydrogen) atoms. The van der Waals surface area contributed by atoms with Gasteiger partial charge in [-0.05, 0) is 12.5 Å². The minimum absolute atomic E-state index is 1.00. The van der Waals surface area contributed by atoms with Crippen molar-refractivity contribution in [1.29, 1.82) is 0 Å². The molecule has 0 aliphatic carbocycles. The van der Waals surface area contributed by atoms with E-state index in [9.17, 15) is 0 Å². The first-order valence-corrected chi connectivity index (χ1v) is 2.23. The first-order chi connectivity index (χ1) is 2.91. The molecule has 0 aromatic heterocycles. The van der Waals surface area contributed by atoms with Crippen molar-refractivity contribution < 1.29 is 4.18 Å². The maximum absolute atomic E-state index is 4.30. The third kappa shape index (κ3) is 3.89. The molecule has 36 valence electrons. The highest BCUT2D eigenvalue weighted by atomic mass is 32.1. The van der Waals surface area contributed by atoms with Crippen LogP contribution in [0.4, 0.5) is 0 Å². The summed E-state index contributed by atoms with van der Waals surface area (Å²) in [5.41, 5.74) is 0. The van der Waals surface area contributed by atoms with Crippen LogP contribution in [0.3, 0.4) is 0 Å². The van der Waals surface area contributed by atoms with Crippen LogP contribution in [0.2, 0.25) is 0 Å². The summed E-state index contributed by atoms with van der Waals surface area (Å²) in [6.45, 7) is 2.03. The molecular formula is C4H8OS. The first kappa shape index (κ1) is 5.89. The molecular weight excluding hydrogens is 96.1 g/mol. The van der Waals surface area contributed by atoms with Crippen LogP contribution in [0, 0.1) is 0 Å². The molecule has 0 unspecified atom stereocenters. The fourth-order valence-electron chi connectivity index (χ4n) is 0.139. The maximum Gasteiger partial charge on any atom is 0.0966 e. The second kappa shape index (κ2) is 4.89. The third-order valence-electron chi connectivity index (χ3n) is 0.393.